The molecule has 0 heterocycles. The lowest BCUT2D eigenvalue weighted by atomic mass is 10.0. The number of hydrogen-bond acceptors (Lipinski definition) is 2. The van der Waals surface area contributed by atoms with Crippen LogP contribution in [0.15, 0.2) is 27.6 Å². The second kappa shape index (κ2) is 5.50. The molecule has 0 aliphatic rings. The van der Waals surface area contributed by atoms with Crippen LogP contribution in [-0.2, 0) is 10.0 Å². The third-order valence-corrected chi connectivity index (χ3v) is 5.36. The summed E-state index contributed by atoms with van der Waals surface area (Å²) >= 11 is 3.43. The number of benzene rings is 1. The minimum Gasteiger partial charge on any atom is -0.207 e. The topological polar surface area (TPSA) is 37.4 Å². The highest BCUT2D eigenvalue weighted by atomic mass is 79.9. The van der Waals surface area contributed by atoms with Crippen molar-refractivity contribution in [3.63, 3.8) is 0 Å². The van der Waals surface area contributed by atoms with Gasteiger partial charge in [-0.1, -0.05) is 42.8 Å². The predicted molar refractivity (Wildman–Crippen MR) is 73.7 cm³/mol. The van der Waals surface area contributed by atoms with E-state index in [2.05, 4.69) is 29.8 Å². The van der Waals surface area contributed by atoms with Gasteiger partial charge in [0.1, 0.15) is 0 Å². The van der Waals surface area contributed by atoms with Crippen LogP contribution in [0.1, 0.15) is 32.3 Å². The fraction of sp³-hybridized carbons (Fsp3) is 0.500. The zero-order valence-electron chi connectivity index (χ0n) is 10.6. The van der Waals surface area contributed by atoms with E-state index < -0.39 is 10.0 Å². The highest BCUT2D eigenvalue weighted by Gasteiger charge is 2.20. The van der Waals surface area contributed by atoms with E-state index in [0.717, 1.165) is 10.0 Å². The molecule has 0 unspecified atom stereocenters. The second-order valence-corrected chi connectivity index (χ2v) is 7.16. The Morgan fingerprint density at radius 3 is 2.35 bits per heavy atom. The molecule has 1 aromatic rings. The van der Waals surface area contributed by atoms with E-state index in [-0.39, 0.29) is 0 Å². The van der Waals surface area contributed by atoms with Crippen LogP contribution in [0.3, 0.4) is 0 Å². The van der Waals surface area contributed by atoms with Crippen LogP contribution in [0.5, 0.6) is 0 Å². The van der Waals surface area contributed by atoms with Crippen LogP contribution in [0.2, 0.25) is 0 Å². The van der Waals surface area contributed by atoms with Crippen molar-refractivity contribution in [2.24, 2.45) is 0 Å². The molecule has 96 valence electrons. The van der Waals surface area contributed by atoms with E-state index in [9.17, 15) is 8.42 Å². The first kappa shape index (κ1) is 14.7. The maximum atomic E-state index is 12.1. The quantitative estimate of drug-likeness (QED) is 0.854. The summed E-state index contributed by atoms with van der Waals surface area (Å²) in [5.74, 6) is 0.366. The number of sulfonamides is 1. The molecule has 0 N–H and O–H groups in total. The molecule has 0 bridgehead atoms. The molecule has 5 heteroatoms. The van der Waals surface area contributed by atoms with Gasteiger partial charge in [0.2, 0.25) is 10.0 Å². The summed E-state index contributed by atoms with van der Waals surface area (Å²) in [4.78, 5) is 0.332. The molecule has 1 rings (SSSR count). The molecule has 0 aliphatic carbocycles. The van der Waals surface area contributed by atoms with Gasteiger partial charge in [0.15, 0.2) is 0 Å². The molecule has 0 radical (unpaired) electrons. The maximum absolute atomic E-state index is 12.1. The molecular formula is C12H18BrNO2S. The normalized spacial score (nSPS) is 12.4. The maximum Gasteiger partial charge on any atom is 0.242 e. The van der Waals surface area contributed by atoms with Crippen LogP contribution in [0, 0.1) is 0 Å². The van der Waals surface area contributed by atoms with E-state index in [1.807, 2.05) is 13.0 Å². The zero-order valence-corrected chi connectivity index (χ0v) is 13.0. The van der Waals surface area contributed by atoms with Gasteiger partial charge in [-0.2, -0.15) is 0 Å². The molecule has 0 saturated heterocycles. The number of rotatable bonds is 4. The highest BCUT2D eigenvalue weighted by molar-refractivity contribution is 9.10. The first-order valence-electron chi connectivity index (χ1n) is 5.56. The largest absolute Gasteiger partial charge is 0.242 e. The first-order chi connectivity index (χ1) is 7.80. The molecular weight excluding hydrogens is 302 g/mol. The summed E-state index contributed by atoms with van der Waals surface area (Å²) in [6.45, 7) is 6.43. The molecule has 3 nitrogen and oxygen atoms in total. The van der Waals surface area contributed by atoms with Gasteiger partial charge < -0.3 is 0 Å². The van der Waals surface area contributed by atoms with Gasteiger partial charge in [-0.25, -0.2) is 12.7 Å². The van der Waals surface area contributed by atoms with Crippen LogP contribution in [0.25, 0.3) is 0 Å². The van der Waals surface area contributed by atoms with Crippen molar-refractivity contribution in [1.82, 2.24) is 4.31 Å². The van der Waals surface area contributed by atoms with Crippen LogP contribution in [0.4, 0.5) is 0 Å². The van der Waals surface area contributed by atoms with E-state index in [4.69, 9.17) is 0 Å². The Bertz CT molecular complexity index is 497. The van der Waals surface area contributed by atoms with Gasteiger partial charge in [0.05, 0.1) is 4.90 Å². The number of hydrogen-bond donors (Lipinski definition) is 0. The lowest BCUT2D eigenvalue weighted by molar-refractivity contribution is 0.486. The Kier molecular flexibility index (Phi) is 4.75. The van der Waals surface area contributed by atoms with Crippen molar-refractivity contribution in [1.29, 1.82) is 0 Å². The molecule has 1 aromatic carbocycles. The molecule has 0 saturated carbocycles. The van der Waals surface area contributed by atoms with Gasteiger partial charge in [0.25, 0.3) is 0 Å². The van der Waals surface area contributed by atoms with Gasteiger partial charge >= 0.3 is 0 Å². The summed E-state index contributed by atoms with van der Waals surface area (Å²) in [5, 5.41) is 0. The Labute approximate surface area is 112 Å². The summed E-state index contributed by atoms with van der Waals surface area (Å²) in [5.41, 5.74) is 1.11. The number of nitrogens with zero attached hydrogens (tertiary/aromatic N) is 1. The van der Waals surface area contributed by atoms with Gasteiger partial charge in [0, 0.05) is 18.1 Å². The Balaban J connectivity index is 3.23. The molecule has 0 fully saturated rings. The van der Waals surface area contributed by atoms with Crippen LogP contribution in [-0.4, -0.2) is 26.3 Å². The van der Waals surface area contributed by atoms with E-state index in [1.165, 1.54) is 4.31 Å². The molecule has 0 amide bonds. The van der Waals surface area contributed by atoms with Crippen molar-refractivity contribution >= 4 is 26.0 Å². The van der Waals surface area contributed by atoms with E-state index in [1.54, 1.807) is 19.2 Å². The fourth-order valence-corrected chi connectivity index (χ4v) is 3.68. The SMILES string of the molecule is CCN(C)S(=O)(=O)c1ccc(C(C)C)c(Br)c1. The third-order valence-electron chi connectivity index (χ3n) is 2.75. The Morgan fingerprint density at radius 2 is 1.94 bits per heavy atom. The summed E-state index contributed by atoms with van der Waals surface area (Å²) in [6.07, 6.45) is 0. The van der Waals surface area contributed by atoms with E-state index in [0.29, 0.717) is 17.4 Å². The minimum atomic E-state index is -3.35. The Morgan fingerprint density at radius 1 is 1.35 bits per heavy atom. The van der Waals surface area contributed by atoms with E-state index >= 15 is 0 Å². The second-order valence-electron chi connectivity index (χ2n) is 4.26. The summed E-state index contributed by atoms with van der Waals surface area (Å²) < 4.78 is 26.4. The highest BCUT2D eigenvalue weighted by Crippen LogP contribution is 2.28. The predicted octanol–water partition coefficient (Wildman–Crippen LogP) is 3.21. The van der Waals surface area contributed by atoms with Crippen molar-refractivity contribution in [3.05, 3.63) is 28.2 Å². The van der Waals surface area contributed by atoms with Gasteiger partial charge in [-0.05, 0) is 23.6 Å². The molecule has 17 heavy (non-hydrogen) atoms. The smallest absolute Gasteiger partial charge is 0.207 e. The monoisotopic (exact) mass is 319 g/mol. The van der Waals surface area contributed by atoms with Gasteiger partial charge in [-0.15, -0.1) is 0 Å². The minimum absolute atomic E-state index is 0.332. The molecule has 0 atom stereocenters. The summed E-state index contributed by atoms with van der Waals surface area (Å²) in [7, 11) is -1.77. The average molecular weight is 320 g/mol. The Hall–Kier alpha value is -0.390. The first-order valence-corrected chi connectivity index (χ1v) is 7.79. The van der Waals surface area contributed by atoms with Crippen LogP contribution < -0.4 is 0 Å². The zero-order chi connectivity index (χ0) is 13.2. The number of halogens is 1. The van der Waals surface area contributed by atoms with Crippen LogP contribution >= 0.6 is 15.9 Å². The standard InChI is InChI=1S/C12H18BrNO2S/c1-5-14(4)17(15,16)10-6-7-11(9(2)3)12(13)8-10/h6-9H,5H2,1-4H3. The average Bonchev–Trinajstić information content (AvgIpc) is 2.27. The van der Waals surface area contributed by atoms with Crippen molar-refractivity contribution in [2.75, 3.05) is 13.6 Å². The fourth-order valence-electron chi connectivity index (χ4n) is 1.49. The lowest BCUT2D eigenvalue weighted by Gasteiger charge is -2.16. The molecule has 0 spiro atoms. The van der Waals surface area contributed by atoms with Crippen molar-refractivity contribution < 1.29 is 8.42 Å². The van der Waals surface area contributed by atoms with Crippen molar-refractivity contribution in [3.8, 4) is 0 Å². The summed E-state index contributed by atoms with van der Waals surface area (Å²) in [6, 6.07) is 5.21. The third kappa shape index (κ3) is 3.09. The molecule has 0 aliphatic heterocycles. The van der Waals surface area contributed by atoms with Crippen molar-refractivity contribution in [2.45, 2.75) is 31.6 Å². The lowest BCUT2D eigenvalue weighted by Crippen LogP contribution is -2.26. The van der Waals surface area contributed by atoms with Gasteiger partial charge in [-0.3, -0.25) is 0 Å². The molecule has 0 aromatic heterocycles.